The molecular weight excluding hydrogens is 340 g/mol. The maximum atomic E-state index is 12.8. The van der Waals surface area contributed by atoms with Crippen LogP contribution in [0.15, 0.2) is 42.5 Å². The lowest BCUT2D eigenvalue weighted by Crippen LogP contribution is -2.40. The van der Waals surface area contributed by atoms with E-state index in [1.807, 2.05) is 18.2 Å². The van der Waals surface area contributed by atoms with Gasteiger partial charge in [-0.1, -0.05) is 38.1 Å². The van der Waals surface area contributed by atoms with Gasteiger partial charge in [0.05, 0.1) is 13.2 Å². The predicted molar refractivity (Wildman–Crippen MR) is 106 cm³/mol. The number of benzene rings is 2. The zero-order chi connectivity index (χ0) is 19.2. The molecule has 3 rings (SSSR count). The highest BCUT2D eigenvalue weighted by Crippen LogP contribution is 2.23. The molecular formula is C22H26N2O3. The SMILES string of the molecule is CCc1cccc(CC)c1NC(=O)c1cccc(C(=O)N2CCOCC2)c1. The van der Waals surface area contributed by atoms with Crippen LogP contribution in [0.4, 0.5) is 5.69 Å². The molecule has 5 nitrogen and oxygen atoms in total. The number of carbonyl (C=O) groups is 2. The summed E-state index contributed by atoms with van der Waals surface area (Å²) in [6.07, 6.45) is 1.69. The van der Waals surface area contributed by atoms with Gasteiger partial charge in [-0.2, -0.15) is 0 Å². The fourth-order valence-electron chi connectivity index (χ4n) is 3.33. The summed E-state index contributed by atoms with van der Waals surface area (Å²) in [6, 6.07) is 13.0. The first-order chi connectivity index (χ1) is 13.1. The topological polar surface area (TPSA) is 58.6 Å². The minimum absolute atomic E-state index is 0.0591. The number of rotatable bonds is 5. The van der Waals surface area contributed by atoms with E-state index in [1.165, 1.54) is 0 Å². The third-order valence-corrected chi connectivity index (χ3v) is 4.91. The van der Waals surface area contributed by atoms with E-state index in [0.29, 0.717) is 37.4 Å². The van der Waals surface area contributed by atoms with E-state index in [1.54, 1.807) is 29.2 Å². The number of anilines is 1. The third-order valence-electron chi connectivity index (χ3n) is 4.91. The van der Waals surface area contributed by atoms with Crippen molar-refractivity contribution >= 4 is 17.5 Å². The van der Waals surface area contributed by atoms with Crippen molar-refractivity contribution in [1.82, 2.24) is 4.90 Å². The molecule has 1 fully saturated rings. The van der Waals surface area contributed by atoms with E-state index >= 15 is 0 Å². The Labute approximate surface area is 160 Å². The van der Waals surface area contributed by atoms with Crippen LogP contribution in [0, 0.1) is 0 Å². The predicted octanol–water partition coefficient (Wildman–Crippen LogP) is 3.54. The van der Waals surface area contributed by atoms with Gasteiger partial charge in [-0.3, -0.25) is 9.59 Å². The lowest BCUT2D eigenvalue weighted by atomic mass is 10.0. The largest absolute Gasteiger partial charge is 0.378 e. The maximum absolute atomic E-state index is 12.8. The summed E-state index contributed by atoms with van der Waals surface area (Å²) in [4.78, 5) is 27.3. The molecule has 5 heteroatoms. The fraction of sp³-hybridized carbons (Fsp3) is 0.364. The van der Waals surface area contributed by atoms with Crippen molar-refractivity contribution in [2.24, 2.45) is 0 Å². The molecule has 1 aliphatic heterocycles. The number of amides is 2. The molecule has 0 atom stereocenters. The van der Waals surface area contributed by atoms with Gasteiger partial charge in [-0.05, 0) is 42.2 Å². The van der Waals surface area contributed by atoms with E-state index in [9.17, 15) is 9.59 Å². The van der Waals surface area contributed by atoms with Crippen LogP contribution < -0.4 is 5.32 Å². The number of hydrogen-bond acceptors (Lipinski definition) is 3. The number of nitrogens with zero attached hydrogens (tertiary/aromatic N) is 1. The number of para-hydroxylation sites is 1. The molecule has 2 aromatic rings. The minimum Gasteiger partial charge on any atom is -0.378 e. The van der Waals surface area contributed by atoms with Gasteiger partial charge in [0.15, 0.2) is 0 Å². The van der Waals surface area contributed by atoms with E-state index in [4.69, 9.17) is 4.74 Å². The maximum Gasteiger partial charge on any atom is 0.255 e. The van der Waals surface area contributed by atoms with E-state index in [0.717, 1.165) is 29.7 Å². The summed E-state index contributed by atoms with van der Waals surface area (Å²) in [7, 11) is 0. The average Bonchev–Trinajstić information content (AvgIpc) is 2.74. The first-order valence-electron chi connectivity index (χ1n) is 9.53. The van der Waals surface area contributed by atoms with Gasteiger partial charge in [0.2, 0.25) is 0 Å². The van der Waals surface area contributed by atoms with Gasteiger partial charge < -0.3 is 15.0 Å². The molecule has 0 bridgehead atoms. The number of ether oxygens (including phenoxy) is 1. The average molecular weight is 366 g/mol. The van der Waals surface area contributed by atoms with E-state index < -0.39 is 0 Å². The fourth-order valence-corrected chi connectivity index (χ4v) is 3.33. The van der Waals surface area contributed by atoms with Crippen molar-refractivity contribution in [2.75, 3.05) is 31.6 Å². The summed E-state index contributed by atoms with van der Waals surface area (Å²) in [6.45, 7) is 6.43. The van der Waals surface area contributed by atoms with Crippen molar-refractivity contribution in [1.29, 1.82) is 0 Å². The highest BCUT2D eigenvalue weighted by molar-refractivity contribution is 6.06. The summed E-state index contributed by atoms with van der Waals surface area (Å²) in [5, 5.41) is 3.06. The Morgan fingerprint density at radius 2 is 1.56 bits per heavy atom. The van der Waals surface area contributed by atoms with Gasteiger partial charge >= 0.3 is 0 Å². The van der Waals surface area contributed by atoms with Crippen LogP contribution in [0.2, 0.25) is 0 Å². The zero-order valence-corrected chi connectivity index (χ0v) is 16.0. The van der Waals surface area contributed by atoms with E-state index in [-0.39, 0.29) is 11.8 Å². The summed E-state index contributed by atoms with van der Waals surface area (Å²) < 4.78 is 5.30. The molecule has 142 valence electrons. The van der Waals surface area contributed by atoms with Gasteiger partial charge in [-0.15, -0.1) is 0 Å². The second-order valence-corrected chi connectivity index (χ2v) is 6.60. The first-order valence-corrected chi connectivity index (χ1v) is 9.53. The highest BCUT2D eigenvalue weighted by atomic mass is 16.5. The zero-order valence-electron chi connectivity index (χ0n) is 16.0. The van der Waals surface area contributed by atoms with Crippen LogP contribution in [0.1, 0.15) is 45.7 Å². The molecule has 0 spiro atoms. The summed E-state index contributed by atoms with van der Waals surface area (Å²) in [5.74, 6) is -0.251. The number of hydrogen-bond donors (Lipinski definition) is 1. The second kappa shape index (κ2) is 8.82. The van der Waals surface area contributed by atoms with Crippen LogP contribution in [0.25, 0.3) is 0 Å². The standard InChI is InChI=1S/C22H26N2O3/c1-3-16-7-5-8-17(4-2)20(16)23-21(25)18-9-6-10-19(15-18)22(26)24-11-13-27-14-12-24/h5-10,15H,3-4,11-14H2,1-2H3,(H,23,25). The first kappa shape index (κ1) is 19.1. The minimum atomic E-state index is -0.192. The van der Waals surface area contributed by atoms with Crippen molar-refractivity contribution in [3.8, 4) is 0 Å². The smallest absolute Gasteiger partial charge is 0.255 e. The Morgan fingerprint density at radius 3 is 2.19 bits per heavy atom. The third kappa shape index (κ3) is 4.37. The molecule has 0 aromatic heterocycles. The monoisotopic (exact) mass is 366 g/mol. The van der Waals surface area contributed by atoms with Crippen LogP contribution in [0.5, 0.6) is 0 Å². The van der Waals surface area contributed by atoms with Crippen molar-refractivity contribution in [3.05, 3.63) is 64.7 Å². The molecule has 27 heavy (non-hydrogen) atoms. The van der Waals surface area contributed by atoms with Crippen molar-refractivity contribution < 1.29 is 14.3 Å². The lowest BCUT2D eigenvalue weighted by molar-refractivity contribution is 0.0303. The van der Waals surface area contributed by atoms with Crippen LogP contribution in [-0.2, 0) is 17.6 Å². The van der Waals surface area contributed by atoms with Crippen LogP contribution in [-0.4, -0.2) is 43.0 Å². The Balaban J connectivity index is 1.81. The number of morpholine rings is 1. The molecule has 1 aliphatic rings. The Kier molecular flexibility index (Phi) is 6.24. The molecule has 0 saturated carbocycles. The van der Waals surface area contributed by atoms with Gasteiger partial charge in [0, 0.05) is 29.9 Å². The molecule has 1 heterocycles. The number of carbonyl (C=O) groups excluding carboxylic acids is 2. The number of aryl methyl sites for hydroxylation is 2. The number of nitrogens with one attached hydrogen (secondary N) is 1. The van der Waals surface area contributed by atoms with Crippen LogP contribution in [0.3, 0.4) is 0 Å². The van der Waals surface area contributed by atoms with Crippen LogP contribution >= 0.6 is 0 Å². The normalized spacial score (nSPS) is 14.1. The van der Waals surface area contributed by atoms with Crippen molar-refractivity contribution in [2.45, 2.75) is 26.7 Å². The van der Waals surface area contributed by atoms with Gasteiger partial charge in [-0.25, -0.2) is 0 Å². The molecule has 0 radical (unpaired) electrons. The molecule has 1 N–H and O–H groups in total. The van der Waals surface area contributed by atoms with E-state index in [2.05, 4.69) is 19.2 Å². The second-order valence-electron chi connectivity index (χ2n) is 6.60. The van der Waals surface area contributed by atoms with Gasteiger partial charge in [0.1, 0.15) is 0 Å². The lowest BCUT2D eigenvalue weighted by Gasteiger charge is -2.27. The Morgan fingerprint density at radius 1 is 0.963 bits per heavy atom. The molecule has 1 saturated heterocycles. The molecule has 0 aliphatic carbocycles. The molecule has 0 unspecified atom stereocenters. The summed E-state index contributed by atoms with van der Waals surface area (Å²) >= 11 is 0. The quantitative estimate of drug-likeness (QED) is 0.881. The van der Waals surface area contributed by atoms with Crippen molar-refractivity contribution in [3.63, 3.8) is 0 Å². The highest BCUT2D eigenvalue weighted by Gasteiger charge is 2.20. The molecule has 2 aromatic carbocycles. The molecule has 2 amide bonds. The summed E-state index contributed by atoms with van der Waals surface area (Å²) in [5.41, 5.74) is 4.13. The Bertz CT molecular complexity index is 804. The van der Waals surface area contributed by atoms with Gasteiger partial charge in [0.25, 0.3) is 11.8 Å². The Hall–Kier alpha value is -2.66.